The van der Waals surface area contributed by atoms with Gasteiger partial charge < -0.3 is 5.32 Å². The molecule has 0 aliphatic heterocycles. The van der Waals surface area contributed by atoms with Crippen LogP contribution in [0.2, 0.25) is 0 Å². The van der Waals surface area contributed by atoms with Gasteiger partial charge in [0.25, 0.3) is 0 Å². The molecule has 7 nitrogen and oxygen atoms in total. The molecule has 0 saturated carbocycles. The van der Waals surface area contributed by atoms with E-state index < -0.39 is 0 Å². The van der Waals surface area contributed by atoms with Crippen LogP contribution >= 0.6 is 11.8 Å². The number of nitrogens with zero attached hydrogens (tertiary/aromatic N) is 5. The number of carbonyl (C=O) groups excluding carboxylic acids is 1. The van der Waals surface area contributed by atoms with Crippen molar-refractivity contribution < 1.29 is 9.18 Å². The number of carbonyl (C=O) groups is 1. The van der Waals surface area contributed by atoms with E-state index in [1.807, 2.05) is 24.3 Å². The molecule has 0 aliphatic carbocycles. The molecule has 140 valence electrons. The van der Waals surface area contributed by atoms with Crippen LogP contribution in [0.1, 0.15) is 5.56 Å². The topological polar surface area (TPSA) is 85.1 Å². The van der Waals surface area contributed by atoms with Gasteiger partial charge in [-0.3, -0.25) is 9.78 Å². The minimum Gasteiger partial charge on any atom is -0.351 e. The first-order valence-electron chi connectivity index (χ1n) is 8.46. The van der Waals surface area contributed by atoms with E-state index in [2.05, 4.69) is 25.6 Å². The fraction of sp³-hybridized carbons (Fsp3) is 0.105. The van der Waals surface area contributed by atoms with Gasteiger partial charge in [0.1, 0.15) is 5.82 Å². The Balaban J connectivity index is 1.41. The SMILES string of the molecule is O=C(CSc1nnc2ccc(-c3ccncc3)nn12)NCc1ccc(F)cc1. The molecule has 1 amide bonds. The first kappa shape index (κ1) is 18.1. The molecule has 3 heterocycles. The summed E-state index contributed by atoms with van der Waals surface area (Å²) < 4.78 is 14.5. The van der Waals surface area contributed by atoms with Crippen molar-refractivity contribution in [3.63, 3.8) is 0 Å². The second-order valence-corrected chi connectivity index (χ2v) is 6.84. The monoisotopic (exact) mass is 394 g/mol. The van der Waals surface area contributed by atoms with Crippen molar-refractivity contribution in [2.24, 2.45) is 0 Å². The van der Waals surface area contributed by atoms with E-state index in [1.165, 1.54) is 23.9 Å². The number of benzene rings is 1. The highest BCUT2D eigenvalue weighted by atomic mass is 32.2. The van der Waals surface area contributed by atoms with Gasteiger partial charge in [-0.25, -0.2) is 4.39 Å². The Labute approximate surface area is 164 Å². The number of hydrogen-bond acceptors (Lipinski definition) is 6. The Morgan fingerprint density at radius 2 is 1.82 bits per heavy atom. The molecule has 0 radical (unpaired) electrons. The quantitative estimate of drug-likeness (QED) is 0.506. The van der Waals surface area contributed by atoms with E-state index in [0.29, 0.717) is 17.3 Å². The Hall–Kier alpha value is -3.33. The third-order valence-electron chi connectivity index (χ3n) is 3.95. The average Bonchev–Trinajstić information content (AvgIpc) is 3.15. The van der Waals surface area contributed by atoms with Crippen molar-refractivity contribution in [3.8, 4) is 11.3 Å². The zero-order valence-electron chi connectivity index (χ0n) is 14.6. The van der Waals surface area contributed by atoms with Crippen molar-refractivity contribution >= 4 is 23.3 Å². The van der Waals surface area contributed by atoms with Crippen molar-refractivity contribution in [1.82, 2.24) is 30.1 Å². The largest absolute Gasteiger partial charge is 0.351 e. The predicted molar refractivity (Wildman–Crippen MR) is 103 cm³/mol. The molecular weight excluding hydrogens is 379 g/mol. The van der Waals surface area contributed by atoms with E-state index in [4.69, 9.17) is 0 Å². The molecule has 1 aromatic carbocycles. The molecule has 0 fully saturated rings. The second kappa shape index (κ2) is 8.13. The van der Waals surface area contributed by atoms with Crippen LogP contribution in [-0.2, 0) is 11.3 Å². The standard InChI is InChI=1S/C19H15FN6OS/c20-15-3-1-13(2-4-15)11-22-18(27)12-28-19-24-23-17-6-5-16(25-26(17)19)14-7-9-21-10-8-14/h1-10H,11-12H2,(H,22,27). The third-order valence-corrected chi connectivity index (χ3v) is 4.86. The smallest absolute Gasteiger partial charge is 0.230 e. The lowest BCUT2D eigenvalue weighted by Gasteiger charge is -2.05. The van der Waals surface area contributed by atoms with Gasteiger partial charge in [-0.2, -0.15) is 9.61 Å². The number of pyridine rings is 1. The van der Waals surface area contributed by atoms with Crippen LogP contribution in [0, 0.1) is 5.82 Å². The number of thioether (sulfide) groups is 1. The molecular formula is C19H15FN6OS. The maximum atomic E-state index is 12.9. The highest BCUT2D eigenvalue weighted by molar-refractivity contribution is 7.99. The van der Waals surface area contributed by atoms with Crippen molar-refractivity contribution in [2.45, 2.75) is 11.7 Å². The molecule has 4 rings (SSSR count). The summed E-state index contributed by atoms with van der Waals surface area (Å²) in [6.45, 7) is 0.338. The molecule has 28 heavy (non-hydrogen) atoms. The first-order chi connectivity index (χ1) is 13.7. The normalized spacial score (nSPS) is 10.9. The maximum Gasteiger partial charge on any atom is 0.230 e. The summed E-state index contributed by atoms with van der Waals surface area (Å²) in [5.74, 6) is -0.289. The molecule has 3 aromatic heterocycles. The van der Waals surface area contributed by atoms with Gasteiger partial charge >= 0.3 is 0 Å². The van der Waals surface area contributed by atoms with Crippen molar-refractivity contribution in [3.05, 3.63) is 72.3 Å². The van der Waals surface area contributed by atoms with Gasteiger partial charge in [-0.1, -0.05) is 23.9 Å². The summed E-state index contributed by atoms with van der Waals surface area (Å²) in [5, 5.41) is 16.1. The summed E-state index contributed by atoms with van der Waals surface area (Å²) in [6, 6.07) is 13.4. The minimum atomic E-state index is -0.303. The van der Waals surface area contributed by atoms with E-state index in [-0.39, 0.29) is 17.5 Å². The summed E-state index contributed by atoms with van der Waals surface area (Å²) in [7, 11) is 0. The number of hydrogen-bond donors (Lipinski definition) is 1. The first-order valence-corrected chi connectivity index (χ1v) is 9.44. The predicted octanol–water partition coefficient (Wildman–Crippen LogP) is 2.73. The van der Waals surface area contributed by atoms with Crippen LogP contribution in [0.5, 0.6) is 0 Å². The minimum absolute atomic E-state index is 0.156. The zero-order chi connectivity index (χ0) is 19.3. The number of amides is 1. The highest BCUT2D eigenvalue weighted by Gasteiger charge is 2.11. The summed E-state index contributed by atoms with van der Waals surface area (Å²) in [5.41, 5.74) is 3.12. The van der Waals surface area contributed by atoms with Crippen LogP contribution in [0.25, 0.3) is 16.9 Å². The molecule has 0 bridgehead atoms. The Morgan fingerprint density at radius 3 is 2.61 bits per heavy atom. The fourth-order valence-corrected chi connectivity index (χ4v) is 3.24. The van der Waals surface area contributed by atoms with Gasteiger partial charge in [-0.15, -0.1) is 10.2 Å². The molecule has 4 aromatic rings. The molecule has 0 spiro atoms. The number of fused-ring (bicyclic) bond motifs is 1. The van der Waals surface area contributed by atoms with E-state index in [0.717, 1.165) is 16.8 Å². The van der Waals surface area contributed by atoms with Crippen LogP contribution in [0.15, 0.2) is 66.1 Å². The van der Waals surface area contributed by atoms with Crippen LogP contribution in [0.3, 0.4) is 0 Å². The number of aromatic nitrogens is 5. The Morgan fingerprint density at radius 1 is 1.04 bits per heavy atom. The number of rotatable bonds is 6. The van der Waals surface area contributed by atoms with Crippen LogP contribution < -0.4 is 5.32 Å². The number of halogens is 1. The second-order valence-electron chi connectivity index (χ2n) is 5.90. The zero-order valence-corrected chi connectivity index (χ0v) is 15.4. The average molecular weight is 394 g/mol. The van der Waals surface area contributed by atoms with E-state index >= 15 is 0 Å². The lowest BCUT2D eigenvalue weighted by atomic mass is 10.2. The number of nitrogens with one attached hydrogen (secondary N) is 1. The molecule has 0 atom stereocenters. The van der Waals surface area contributed by atoms with Gasteiger partial charge in [0.15, 0.2) is 5.65 Å². The summed E-state index contributed by atoms with van der Waals surface area (Å²) in [4.78, 5) is 16.1. The lowest BCUT2D eigenvalue weighted by molar-refractivity contribution is -0.118. The van der Waals surface area contributed by atoms with E-state index in [1.54, 1.807) is 29.0 Å². The summed E-state index contributed by atoms with van der Waals surface area (Å²) >= 11 is 1.25. The lowest BCUT2D eigenvalue weighted by Crippen LogP contribution is -2.24. The van der Waals surface area contributed by atoms with Gasteiger partial charge in [0.05, 0.1) is 11.4 Å². The van der Waals surface area contributed by atoms with Gasteiger partial charge in [0.2, 0.25) is 11.1 Å². The van der Waals surface area contributed by atoms with E-state index in [9.17, 15) is 9.18 Å². The molecule has 9 heteroatoms. The summed E-state index contributed by atoms with van der Waals surface area (Å²) in [6.07, 6.45) is 3.41. The molecule has 0 aliphatic rings. The van der Waals surface area contributed by atoms with Gasteiger partial charge in [0, 0.05) is 24.5 Å². The maximum absolute atomic E-state index is 12.9. The van der Waals surface area contributed by atoms with Gasteiger partial charge in [-0.05, 0) is 42.0 Å². The van der Waals surface area contributed by atoms with Crippen molar-refractivity contribution in [1.29, 1.82) is 0 Å². The van der Waals surface area contributed by atoms with Crippen LogP contribution in [0.4, 0.5) is 4.39 Å². The van der Waals surface area contributed by atoms with Crippen LogP contribution in [-0.4, -0.2) is 36.5 Å². The molecule has 0 saturated heterocycles. The Bertz CT molecular complexity index is 1100. The molecule has 0 unspecified atom stereocenters. The highest BCUT2D eigenvalue weighted by Crippen LogP contribution is 2.20. The van der Waals surface area contributed by atoms with Crippen molar-refractivity contribution in [2.75, 3.05) is 5.75 Å². The Kier molecular flexibility index (Phi) is 5.24. The third kappa shape index (κ3) is 4.15. The fourth-order valence-electron chi connectivity index (χ4n) is 2.52. The molecule has 1 N–H and O–H groups in total.